The number of nitrogens with zero attached hydrogens (tertiary/aromatic N) is 4. The number of anilines is 1. The molecule has 3 rings (SSSR count). The van der Waals surface area contributed by atoms with Crippen LogP contribution in [0.15, 0.2) is 6.33 Å². The third kappa shape index (κ3) is 2.37. The molecule has 0 unspecified atom stereocenters. The predicted molar refractivity (Wildman–Crippen MR) is 80.7 cm³/mol. The van der Waals surface area contributed by atoms with Gasteiger partial charge >= 0.3 is 5.97 Å². The van der Waals surface area contributed by atoms with Crippen molar-refractivity contribution in [2.75, 3.05) is 12.8 Å². The van der Waals surface area contributed by atoms with E-state index in [9.17, 15) is 4.79 Å². The first-order valence-electron chi connectivity index (χ1n) is 7.18. The molecule has 0 saturated heterocycles. The van der Waals surface area contributed by atoms with Crippen LogP contribution in [0.2, 0.25) is 0 Å². The van der Waals surface area contributed by atoms with Gasteiger partial charge in [-0.25, -0.2) is 15.0 Å². The van der Waals surface area contributed by atoms with Crippen molar-refractivity contribution in [1.82, 2.24) is 19.5 Å². The number of carbonyl (C=O) groups is 1. The number of fused-ring (bicyclic) bond motifs is 1. The molecular weight excluding hydrogens is 282 g/mol. The van der Waals surface area contributed by atoms with E-state index in [4.69, 9.17) is 16.9 Å². The normalized spacial score (nSPS) is 21.5. The molecule has 7 heteroatoms. The Morgan fingerprint density at radius 3 is 2.77 bits per heavy atom. The Balaban J connectivity index is 1.88. The summed E-state index contributed by atoms with van der Waals surface area (Å²) in [5.74, 6) is 2.81. The monoisotopic (exact) mass is 299 g/mol. The van der Waals surface area contributed by atoms with Gasteiger partial charge in [0.2, 0.25) is 5.82 Å². The van der Waals surface area contributed by atoms with Crippen molar-refractivity contribution in [1.29, 1.82) is 0 Å². The summed E-state index contributed by atoms with van der Waals surface area (Å²) in [6, 6.07) is 0.228. The fraction of sp³-hybridized carbons (Fsp3) is 0.467. The van der Waals surface area contributed by atoms with Gasteiger partial charge in [0.05, 0.1) is 19.4 Å². The minimum atomic E-state index is -0.130. The number of ether oxygens (including phenoxy) is 1. The van der Waals surface area contributed by atoms with E-state index in [2.05, 4.69) is 20.9 Å². The summed E-state index contributed by atoms with van der Waals surface area (Å²) in [6.45, 7) is 0. The SMILES string of the molecule is C#Cc1nc(N)c2ncn([C@H]3CC[C@@H](C(=O)OC)CC3)c2n1. The van der Waals surface area contributed by atoms with Crippen LogP contribution in [-0.4, -0.2) is 32.6 Å². The van der Waals surface area contributed by atoms with E-state index >= 15 is 0 Å². The van der Waals surface area contributed by atoms with Crippen LogP contribution >= 0.6 is 0 Å². The molecule has 0 atom stereocenters. The molecule has 1 saturated carbocycles. The number of nitrogens with two attached hydrogens (primary N) is 1. The van der Waals surface area contributed by atoms with E-state index in [1.807, 2.05) is 4.57 Å². The molecule has 0 bridgehead atoms. The van der Waals surface area contributed by atoms with Crippen molar-refractivity contribution in [2.45, 2.75) is 31.7 Å². The number of carbonyl (C=O) groups excluding carboxylic acids is 1. The Kier molecular flexibility index (Phi) is 3.67. The van der Waals surface area contributed by atoms with Crippen LogP contribution < -0.4 is 5.73 Å². The van der Waals surface area contributed by atoms with Gasteiger partial charge < -0.3 is 15.0 Å². The van der Waals surface area contributed by atoms with Gasteiger partial charge in [0.1, 0.15) is 5.52 Å². The van der Waals surface area contributed by atoms with Crippen LogP contribution in [0, 0.1) is 18.3 Å². The van der Waals surface area contributed by atoms with Gasteiger partial charge in [-0.1, -0.05) is 0 Å². The maximum Gasteiger partial charge on any atom is 0.308 e. The average Bonchev–Trinajstić information content (AvgIpc) is 2.98. The molecule has 7 nitrogen and oxygen atoms in total. The third-order valence-corrected chi connectivity index (χ3v) is 4.20. The van der Waals surface area contributed by atoms with E-state index in [-0.39, 0.29) is 23.8 Å². The summed E-state index contributed by atoms with van der Waals surface area (Å²) in [6.07, 6.45) is 10.4. The number of rotatable bonds is 2. The smallest absolute Gasteiger partial charge is 0.308 e. The summed E-state index contributed by atoms with van der Waals surface area (Å²) in [5, 5.41) is 0. The fourth-order valence-corrected chi connectivity index (χ4v) is 3.03. The second-order valence-electron chi connectivity index (χ2n) is 5.43. The van der Waals surface area contributed by atoms with Crippen molar-refractivity contribution in [3.63, 3.8) is 0 Å². The summed E-state index contributed by atoms with van der Waals surface area (Å²) < 4.78 is 6.80. The zero-order valence-corrected chi connectivity index (χ0v) is 12.3. The van der Waals surface area contributed by atoms with Gasteiger partial charge in [-0.15, -0.1) is 6.42 Å². The van der Waals surface area contributed by atoms with Gasteiger partial charge in [0, 0.05) is 6.04 Å². The van der Waals surface area contributed by atoms with Gasteiger partial charge in [-0.3, -0.25) is 4.79 Å². The Morgan fingerprint density at radius 2 is 2.14 bits per heavy atom. The number of hydrogen-bond acceptors (Lipinski definition) is 6. The Labute approximate surface area is 127 Å². The summed E-state index contributed by atoms with van der Waals surface area (Å²) in [4.78, 5) is 24.3. The molecule has 2 aromatic rings. The van der Waals surface area contributed by atoms with Gasteiger partial charge in [-0.05, 0) is 31.6 Å². The zero-order chi connectivity index (χ0) is 15.7. The van der Waals surface area contributed by atoms with Crippen LogP contribution in [-0.2, 0) is 9.53 Å². The fourth-order valence-electron chi connectivity index (χ4n) is 3.03. The summed E-state index contributed by atoms with van der Waals surface area (Å²) >= 11 is 0. The lowest BCUT2D eigenvalue weighted by molar-refractivity contribution is -0.146. The molecule has 1 fully saturated rings. The maximum atomic E-state index is 11.6. The molecule has 2 aromatic heterocycles. The van der Waals surface area contributed by atoms with Crippen molar-refractivity contribution in [3.8, 4) is 12.3 Å². The second-order valence-corrected chi connectivity index (χ2v) is 5.43. The molecule has 0 amide bonds. The minimum Gasteiger partial charge on any atom is -0.469 e. The molecular formula is C15H17N5O2. The van der Waals surface area contributed by atoms with Crippen molar-refractivity contribution < 1.29 is 9.53 Å². The largest absolute Gasteiger partial charge is 0.469 e. The van der Waals surface area contributed by atoms with Crippen molar-refractivity contribution in [2.24, 2.45) is 5.92 Å². The van der Waals surface area contributed by atoms with Crippen molar-refractivity contribution in [3.05, 3.63) is 12.2 Å². The maximum absolute atomic E-state index is 11.6. The third-order valence-electron chi connectivity index (χ3n) is 4.20. The highest BCUT2D eigenvalue weighted by Gasteiger charge is 2.28. The predicted octanol–water partition coefficient (Wildman–Crippen LogP) is 1.29. The van der Waals surface area contributed by atoms with Crippen molar-refractivity contribution >= 4 is 23.0 Å². The minimum absolute atomic E-state index is 0.0167. The van der Waals surface area contributed by atoms with E-state index in [1.165, 1.54) is 7.11 Å². The zero-order valence-electron chi connectivity index (χ0n) is 12.3. The van der Waals surface area contributed by atoms with Crippen LogP contribution in [0.3, 0.4) is 0 Å². The van der Waals surface area contributed by atoms with E-state index in [1.54, 1.807) is 6.33 Å². The van der Waals surface area contributed by atoms with Crippen LogP contribution in [0.4, 0.5) is 5.82 Å². The lowest BCUT2D eigenvalue weighted by Crippen LogP contribution is -2.24. The molecule has 0 aliphatic heterocycles. The van der Waals surface area contributed by atoms with Gasteiger partial charge in [0.25, 0.3) is 0 Å². The summed E-state index contributed by atoms with van der Waals surface area (Å²) in [7, 11) is 1.43. The van der Waals surface area contributed by atoms with Crippen LogP contribution in [0.5, 0.6) is 0 Å². The molecule has 114 valence electrons. The van der Waals surface area contributed by atoms with Gasteiger partial charge in [-0.2, -0.15) is 0 Å². The first kappa shape index (κ1) is 14.3. The molecule has 0 spiro atoms. The van der Waals surface area contributed by atoms with E-state index in [0.29, 0.717) is 17.0 Å². The number of methoxy groups -OCH3 is 1. The lowest BCUT2D eigenvalue weighted by atomic mass is 9.86. The summed E-state index contributed by atoms with van der Waals surface area (Å²) in [5.41, 5.74) is 7.09. The molecule has 0 aromatic carbocycles. The highest BCUT2D eigenvalue weighted by Crippen LogP contribution is 2.34. The lowest BCUT2D eigenvalue weighted by Gasteiger charge is -2.27. The first-order valence-corrected chi connectivity index (χ1v) is 7.18. The van der Waals surface area contributed by atoms with Crippen LogP contribution in [0.1, 0.15) is 37.5 Å². The second kappa shape index (κ2) is 5.64. The highest BCUT2D eigenvalue weighted by molar-refractivity contribution is 5.82. The van der Waals surface area contributed by atoms with E-state index < -0.39 is 0 Å². The molecule has 1 aliphatic carbocycles. The molecule has 1 aliphatic rings. The van der Waals surface area contributed by atoms with Gasteiger partial charge in [0.15, 0.2) is 11.5 Å². The Hall–Kier alpha value is -2.62. The topological polar surface area (TPSA) is 95.9 Å². The number of terminal acetylenes is 1. The molecule has 2 heterocycles. The Morgan fingerprint density at radius 1 is 1.41 bits per heavy atom. The number of hydrogen-bond donors (Lipinski definition) is 1. The highest BCUT2D eigenvalue weighted by atomic mass is 16.5. The molecule has 0 radical (unpaired) electrons. The number of imidazole rings is 1. The molecule has 22 heavy (non-hydrogen) atoms. The molecule has 2 N–H and O–H groups in total. The van der Waals surface area contributed by atoms with Crippen LogP contribution in [0.25, 0.3) is 11.2 Å². The number of esters is 1. The standard InChI is InChI=1S/C15H17N5O2/c1-3-11-18-13(16)12-14(19-11)20(8-17-12)10-6-4-9(5-7-10)15(21)22-2/h1,8-10H,4-7H2,2H3,(H2,16,18,19)/t9-,10+. The van der Waals surface area contributed by atoms with E-state index in [0.717, 1.165) is 25.7 Å². The Bertz CT molecular complexity index is 753. The number of nitrogen functional groups attached to an aromatic ring is 1. The average molecular weight is 299 g/mol. The number of aromatic nitrogens is 4. The quantitative estimate of drug-likeness (QED) is 0.663. The first-order chi connectivity index (χ1) is 10.6.